The van der Waals surface area contributed by atoms with Gasteiger partial charge in [-0.1, -0.05) is 24.3 Å². The van der Waals surface area contributed by atoms with Gasteiger partial charge in [-0.25, -0.2) is 10.6 Å². The average molecular weight is 281 g/mol. The van der Waals surface area contributed by atoms with Crippen molar-refractivity contribution in [3.63, 3.8) is 0 Å². The van der Waals surface area contributed by atoms with Crippen molar-refractivity contribution in [1.82, 2.24) is 5.43 Å². The van der Waals surface area contributed by atoms with Crippen molar-refractivity contribution in [3.05, 3.63) is 36.4 Å². The standard InChI is InChI=1S/C11H11N3O4S/c12-14-11(15)13-9-5-6-10(19(16,17)18)8-4-2-1-3-7(8)9/h1-6H,12H2,(H2,13,14,15)(H,16,17,18). The number of benzene rings is 2. The minimum Gasteiger partial charge on any atom is -0.306 e. The maximum Gasteiger partial charge on any atom is 0.333 e. The second-order valence-corrected chi connectivity index (χ2v) is 5.12. The molecule has 0 aliphatic rings. The van der Waals surface area contributed by atoms with Crippen LogP contribution in [0, 0.1) is 0 Å². The van der Waals surface area contributed by atoms with Gasteiger partial charge in [0.2, 0.25) is 0 Å². The van der Waals surface area contributed by atoms with E-state index >= 15 is 0 Å². The molecule has 0 unspecified atom stereocenters. The number of carbonyl (C=O) groups is 1. The Kier molecular flexibility index (Phi) is 3.38. The molecule has 5 N–H and O–H groups in total. The van der Waals surface area contributed by atoms with Gasteiger partial charge in [0.1, 0.15) is 4.90 Å². The van der Waals surface area contributed by atoms with Crippen LogP contribution in [-0.4, -0.2) is 19.0 Å². The molecule has 0 aliphatic heterocycles. The van der Waals surface area contributed by atoms with Crippen LogP contribution in [0.3, 0.4) is 0 Å². The highest BCUT2D eigenvalue weighted by Gasteiger charge is 2.16. The third kappa shape index (κ3) is 2.65. The van der Waals surface area contributed by atoms with E-state index in [0.717, 1.165) is 0 Å². The van der Waals surface area contributed by atoms with Crippen LogP contribution in [-0.2, 0) is 10.1 Å². The normalized spacial score (nSPS) is 11.3. The number of amides is 2. The van der Waals surface area contributed by atoms with Gasteiger partial charge in [-0.05, 0) is 12.1 Å². The highest BCUT2D eigenvalue weighted by atomic mass is 32.2. The Bertz CT molecular complexity index is 743. The predicted octanol–water partition coefficient (Wildman–Crippen LogP) is 1.08. The molecule has 0 heterocycles. The molecule has 100 valence electrons. The van der Waals surface area contributed by atoms with E-state index in [-0.39, 0.29) is 4.90 Å². The summed E-state index contributed by atoms with van der Waals surface area (Å²) in [5, 5.41) is 3.24. The van der Waals surface area contributed by atoms with E-state index in [0.29, 0.717) is 16.5 Å². The van der Waals surface area contributed by atoms with Crippen LogP contribution in [0.15, 0.2) is 41.3 Å². The van der Waals surface area contributed by atoms with Crippen LogP contribution in [0.5, 0.6) is 0 Å². The molecule has 0 saturated carbocycles. The van der Waals surface area contributed by atoms with Gasteiger partial charge in [0.25, 0.3) is 10.1 Å². The van der Waals surface area contributed by atoms with E-state index in [1.54, 1.807) is 18.2 Å². The number of hydrogen-bond donors (Lipinski definition) is 4. The Balaban J connectivity index is 2.69. The number of rotatable bonds is 2. The predicted molar refractivity (Wildman–Crippen MR) is 70.1 cm³/mol. The van der Waals surface area contributed by atoms with Crippen molar-refractivity contribution in [1.29, 1.82) is 0 Å². The number of nitrogens with two attached hydrogens (primary N) is 1. The zero-order valence-electron chi connectivity index (χ0n) is 9.62. The number of fused-ring (bicyclic) bond motifs is 1. The molecule has 7 nitrogen and oxygen atoms in total. The van der Waals surface area contributed by atoms with Gasteiger partial charge in [-0.3, -0.25) is 9.98 Å². The van der Waals surface area contributed by atoms with Crippen LogP contribution in [0.25, 0.3) is 10.8 Å². The second-order valence-electron chi connectivity index (χ2n) is 3.73. The lowest BCUT2D eigenvalue weighted by molar-refractivity contribution is 0.252. The Hall–Kier alpha value is -2.16. The Labute approximate surface area is 109 Å². The van der Waals surface area contributed by atoms with Crippen molar-refractivity contribution < 1.29 is 17.8 Å². The molecule has 0 radical (unpaired) electrons. The zero-order chi connectivity index (χ0) is 14.0. The summed E-state index contributed by atoms with van der Waals surface area (Å²) in [5.41, 5.74) is 2.29. The van der Waals surface area contributed by atoms with Crippen LogP contribution in [0.4, 0.5) is 10.5 Å². The number of hydrazine groups is 1. The number of nitrogens with one attached hydrogen (secondary N) is 2. The molecule has 2 aromatic carbocycles. The van der Waals surface area contributed by atoms with E-state index < -0.39 is 16.1 Å². The smallest absolute Gasteiger partial charge is 0.306 e. The molecule has 0 spiro atoms. The van der Waals surface area contributed by atoms with Gasteiger partial charge >= 0.3 is 6.03 Å². The molecule has 0 aromatic heterocycles. The van der Waals surface area contributed by atoms with E-state index in [9.17, 15) is 13.2 Å². The lowest BCUT2D eigenvalue weighted by Crippen LogP contribution is -2.34. The topological polar surface area (TPSA) is 122 Å². The number of urea groups is 1. The van der Waals surface area contributed by atoms with Crippen molar-refractivity contribution in [2.24, 2.45) is 5.84 Å². The van der Waals surface area contributed by atoms with E-state index in [1.807, 2.05) is 5.43 Å². The highest BCUT2D eigenvalue weighted by molar-refractivity contribution is 7.86. The van der Waals surface area contributed by atoms with Crippen LogP contribution in [0.1, 0.15) is 0 Å². The first kappa shape index (κ1) is 13.3. The van der Waals surface area contributed by atoms with E-state index in [1.165, 1.54) is 18.2 Å². The molecule has 0 atom stereocenters. The first-order chi connectivity index (χ1) is 8.93. The molecular formula is C11H11N3O4S. The number of hydrogen-bond acceptors (Lipinski definition) is 4. The summed E-state index contributed by atoms with van der Waals surface area (Å²) in [5.74, 6) is 4.97. The van der Waals surface area contributed by atoms with Crippen molar-refractivity contribution in [2.45, 2.75) is 4.90 Å². The van der Waals surface area contributed by atoms with Crippen LogP contribution >= 0.6 is 0 Å². The third-order valence-corrected chi connectivity index (χ3v) is 3.45. The first-order valence-electron chi connectivity index (χ1n) is 5.20. The van der Waals surface area contributed by atoms with E-state index in [2.05, 4.69) is 5.32 Å². The zero-order valence-corrected chi connectivity index (χ0v) is 10.4. The minimum atomic E-state index is -4.33. The summed E-state index contributed by atoms with van der Waals surface area (Å²) in [6, 6.07) is 8.42. The van der Waals surface area contributed by atoms with Crippen molar-refractivity contribution >= 4 is 32.6 Å². The molecule has 19 heavy (non-hydrogen) atoms. The molecule has 0 bridgehead atoms. The summed E-state index contributed by atoms with van der Waals surface area (Å²) in [6.07, 6.45) is 0. The second kappa shape index (κ2) is 4.84. The average Bonchev–Trinajstić information content (AvgIpc) is 2.37. The molecular weight excluding hydrogens is 270 g/mol. The van der Waals surface area contributed by atoms with Crippen molar-refractivity contribution in [3.8, 4) is 0 Å². The monoisotopic (exact) mass is 281 g/mol. The summed E-state index contributed by atoms with van der Waals surface area (Å²) in [7, 11) is -4.33. The van der Waals surface area contributed by atoms with Crippen LogP contribution in [0.2, 0.25) is 0 Å². The fraction of sp³-hybridized carbons (Fsp3) is 0. The summed E-state index contributed by atoms with van der Waals surface area (Å²) >= 11 is 0. The van der Waals surface area contributed by atoms with Crippen LogP contribution < -0.4 is 16.6 Å². The summed E-state index contributed by atoms with van der Waals surface area (Å²) in [6.45, 7) is 0. The Morgan fingerprint density at radius 3 is 2.32 bits per heavy atom. The maximum atomic E-state index is 11.3. The third-order valence-electron chi connectivity index (χ3n) is 2.54. The van der Waals surface area contributed by atoms with Gasteiger partial charge < -0.3 is 5.32 Å². The SMILES string of the molecule is NNC(=O)Nc1ccc(S(=O)(=O)O)c2ccccc12. The lowest BCUT2D eigenvalue weighted by Gasteiger charge is -2.10. The molecule has 8 heteroatoms. The molecule has 2 amide bonds. The van der Waals surface area contributed by atoms with Gasteiger partial charge in [0.15, 0.2) is 0 Å². The largest absolute Gasteiger partial charge is 0.333 e. The van der Waals surface area contributed by atoms with Crippen molar-refractivity contribution in [2.75, 3.05) is 5.32 Å². The first-order valence-corrected chi connectivity index (χ1v) is 6.64. The molecule has 0 aliphatic carbocycles. The Morgan fingerprint density at radius 1 is 1.11 bits per heavy atom. The minimum absolute atomic E-state index is 0.221. The summed E-state index contributed by atoms with van der Waals surface area (Å²) in [4.78, 5) is 11.0. The molecule has 2 aromatic rings. The molecule has 0 saturated heterocycles. The lowest BCUT2D eigenvalue weighted by atomic mass is 10.1. The maximum absolute atomic E-state index is 11.3. The number of anilines is 1. The van der Waals surface area contributed by atoms with Gasteiger partial charge in [0.05, 0.1) is 5.69 Å². The van der Waals surface area contributed by atoms with Gasteiger partial charge in [-0.2, -0.15) is 8.42 Å². The molecule has 0 fully saturated rings. The summed E-state index contributed by atoms with van der Waals surface area (Å²) < 4.78 is 31.7. The van der Waals surface area contributed by atoms with Gasteiger partial charge in [0, 0.05) is 10.8 Å². The Morgan fingerprint density at radius 2 is 1.74 bits per heavy atom. The highest BCUT2D eigenvalue weighted by Crippen LogP contribution is 2.29. The molecule has 2 rings (SSSR count). The fourth-order valence-electron chi connectivity index (χ4n) is 1.76. The van der Waals surface area contributed by atoms with Gasteiger partial charge in [-0.15, -0.1) is 0 Å². The number of carbonyl (C=O) groups excluding carboxylic acids is 1. The van der Waals surface area contributed by atoms with E-state index in [4.69, 9.17) is 10.4 Å². The quantitative estimate of drug-likeness (QED) is 0.284. The fourth-order valence-corrected chi connectivity index (χ4v) is 2.46.